The van der Waals surface area contributed by atoms with Crippen molar-refractivity contribution in [2.24, 2.45) is 11.3 Å². The van der Waals surface area contributed by atoms with Crippen molar-refractivity contribution >= 4 is 34.0 Å². The third-order valence-corrected chi connectivity index (χ3v) is 12.1. The van der Waals surface area contributed by atoms with Gasteiger partial charge in [-0.1, -0.05) is 32.4 Å². The van der Waals surface area contributed by atoms with E-state index < -0.39 is 11.6 Å². The lowest BCUT2D eigenvalue weighted by atomic mass is 9.73. The van der Waals surface area contributed by atoms with Crippen molar-refractivity contribution in [2.75, 3.05) is 59.0 Å². The number of pyridine rings is 1. The van der Waals surface area contributed by atoms with Gasteiger partial charge in [-0.05, 0) is 101 Å². The topological polar surface area (TPSA) is 142 Å². The van der Waals surface area contributed by atoms with Crippen molar-refractivity contribution in [3.8, 4) is 28.9 Å². The van der Waals surface area contributed by atoms with E-state index in [4.69, 9.17) is 34.1 Å². The highest BCUT2D eigenvalue weighted by Crippen LogP contribution is 2.50. The quantitative estimate of drug-likeness (QED) is 0.140. The number of carbonyl (C=O) groups is 1. The van der Waals surface area contributed by atoms with Crippen LogP contribution in [0, 0.1) is 23.0 Å². The zero-order valence-corrected chi connectivity index (χ0v) is 33.2. The summed E-state index contributed by atoms with van der Waals surface area (Å²) in [5.74, 6) is -0.422. The largest absolute Gasteiger partial charge is 0.508 e. The minimum absolute atomic E-state index is 0.00811. The van der Waals surface area contributed by atoms with Gasteiger partial charge in [-0.15, -0.1) is 0 Å². The number of aromatic hydroxyl groups is 1. The van der Waals surface area contributed by atoms with Gasteiger partial charge in [0.2, 0.25) is 5.88 Å². The van der Waals surface area contributed by atoms with Gasteiger partial charge >= 0.3 is 6.01 Å². The number of phenolic OH excluding ortho intramolecular Hbond substituents is 1. The van der Waals surface area contributed by atoms with Crippen LogP contribution >= 0.6 is 0 Å². The lowest BCUT2D eigenvalue weighted by Crippen LogP contribution is -2.59. The molecule has 0 amide bonds. The molecule has 2 aliphatic carbocycles. The fourth-order valence-corrected chi connectivity index (χ4v) is 9.57. The molecule has 2 aromatic carbocycles. The second-order valence-electron chi connectivity index (χ2n) is 15.2. The summed E-state index contributed by atoms with van der Waals surface area (Å²) in [6, 6.07) is 8.38. The average Bonchev–Trinajstić information content (AvgIpc) is 3.63. The molecule has 0 radical (unpaired) electrons. The van der Waals surface area contributed by atoms with Crippen LogP contribution in [0.1, 0.15) is 71.6 Å². The van der Waals surface area contributed by atoms with Crippen LogP contribution in [-0.4, -0.2) is 109 Å². The summed E-state index contributed by atoms with van der Waals surface area (Å²) in [5.41, 5.74) is -0.0986. The number of fused-ring (bicyclic) bond motifs is 3. The van der Waals surface area contributed by atoms with Gasteiger partial charge in [0.05, 0.1) is 19.8 Å². The van der Waals surface area contributed by atoms with Crippen LogP contribution in [0.15, 0.2) is 30.3 Å². The Kier molecular flexibility index (Phi) is 13.4. The van der Waals surface area contributed by atoms with Gasteiger partial charge in [-0.3, -0.25) is 9.69 Å². The van der Waals surface area contributed by atoms with Gasteiger partial charge in [0.15, 0.2) is 5.82 Å². The zero-order chi connectivity index (χ0) is 40.0. The molecule has 2 saturated carbocycles. The molecule has 4 aromatic rings. The molecule has 56 heavy (non-hydrogen) atoms. The van der Waals surface area contributed by atoms with E-state index in [0.29, 0.717) is 53.8 Å². The van der Waals surface area contributed by atoms with Crippen molar-refractivity contribution in [1.82, 2.24) is 25.2 Å². The SMILES string of the molecule is CC.CNCC1CCCN(c2nc(OCC34CCCC3N(C3CC(OC)C3)CCC4)nc3c(F)c(-c4cc(O)cc5cccc(F)c45)nc(OC)c23)C1.O=CO. The van der Waals surface area contributed by atoms with Crippen LogP contribution < -0.4 is 19.7 Å². The van der Waals surface area contributed by atoms with Crippen LogP contribution in [0.4, 0.5) is 14.6 Å². The molecule has 8 rings (SSSR count). The molecule has 3 unspecified atom stereocenters. The molecule has 4 aliphatic rings. The summed E-state index contributed by atoms with van der Waals surface area (Å²) < 4.78 is 50.6. The van der Waals surface area contributed by atoms with E-state index >= 15 is 8.78 Å². The molecule has 0 spiro atoms. The van der Waals surface area contributed by atoms with E-state index in [1.165, 1.54) is 25.3 Å². The third kappa shape index (κ3) is 8.05. The Morgan fingerprint density at radius 3 is 2.52 bits per heavy atom. The summed E-state index contributed by atoms with van der Waals surface area (Å²) in [5, 5.41) is 21.7. The molecular weight excluding hydrogens is 722 g/mol. The van der Waals surface area contributed by atoms with Crippen LogP contribution in [-0.2, 0) is 9.53 Å². The molecule has 304 valence electrons. The Bertz CT molecular complexity index is 1980. The van der Waals surface area contributed by atoms with Crippen molar-refractivity contribution in [2.45, 2.75) is 89.8 Å². The summed E-state index contributed by atoms with van der Waals surface area (Å²) in [6.07, 6.45) is 10.0. The second-order valence-corrected chi connectivity index (χ2v) is 15.2. The van der Waals surface area contributed by atoms with E-state index in [1.54, 1.807) is 19.2 Å². The van der Waals surface area contributed by atoms with E-state index in [9.17, 15) is 5.11 Å². The average molecular weight is 779 g/mol. The van der Waals surface area contributed by atoms with Gasteiger partial charge < -0.3 is 34.6 Å². The molecule has 4 heterocycles. The number of ether oxygens (including phenoxy) is 3. The van der Waals surface area contributed by atoms with Crippen LogP contribution in [0.25, 0.3) is 32.9 Å². The summed E-state index contributed by atoms with van der Waals surface area (Å²) in [7, 11) is 5.23. The maximum Gasteiger partial charge on any atom is 0.319 e. The fourth-order valence-electron chi connectivity index (χ4n) is 9.57. The monoisotopic (exact) mass is 778 g/mol. The molecule has 0 bridgehead atoms. The second kappa shape index (κ2) is 18.2. The van der Waals surface area contributed by atoms with Crippen LogP contribution in [0.2, 0.25) is 0 Å². The van der Waals surface area contributed by atoms with Crippen molar-refractivity contribution in [3.05, 3.63) is 42.0 Å². The maximum atomic E-state index is 17.1. The highest BCUT2D eigenvalue weighted by Gasteiger charge is 2.51. The number of phenols is 1. The zero-order valence-electron chi connectivity index (χ0n) is 33.2. The van der Waals surface area contributed by atoms with Gasteiger partial charge in [0, 0.05) is 48.6 Å². The lowest BCUT2D eigenvalue weighted by Gasteiger charge is -2.53. The number of rotatable bonds is 10. The van der Waals surface area contributed by atoms with Crippen molar-refractivity contribution in [3.63, 3.8) is 0 Å². The Labute approximate surface area is 327 Å². The number of benzene rings is 2. The minimum Gasteiger partial charge on any atom is -0.508 e. The number of halogens is 2. The number of aromatic nitrogens is 3. The van der Waals surface area contributed by atoms with Crippen molar-refractivity contribution < 1.29 is 38.0 Å². The first-order valence-electron chi connectivity index (χ1n) is 20.0. The molecule has 3 atom stereocenters. The predicted molar refractivity (Wildman–Crippen MR) is 213 cm³/mol. The van der Waals surface area contributed by atoms with Crippen LogP contribution in [0.3, 0.4) is 0 Å². The number of methoxy groups -OCH3 is 2. The van der Waals surface area contributed by atoms with Gasteiger partial charge in [0.25, 0.3) is 6.47 Å². The first-order chi connectivity index (χ1) is 27.2. The molecular formula is C42H56F2N6O6. The van der Waals surface area contributed by atoms with Gasteiger partial charge in [0.1, 0.15) is 34.0 Å². The highest BCUT2D eigenvalue weighted by molar-refractivity contribution is 6.02. The maximum absolute atomic E-state index is 17.1. The predicted octanol–water partition coefficient (Wildman–Crippen LogP) is 7.19. The molecule has 2 aliphatic heterocycles. The van der Waals surface area contributed by atoms with Crippen LogP contribution in [0.5, 0.6) is 17.6 Å². The normalized spacial score (nSPS) is 24.7. The first kappa shape index (κ1) is 41.2. The summed E-state index contributed by atoms with van der Waals surface area (Å²) in [6.45, 7) is 7.58. The first-order valence-corrected chi connectivity index (χ1v) is 20.0. The smallest absolute Gasteiger partial charge is 0.319 e. The van der Waals surface area contributed by atoms with E-state index in [0.717, 1.165) is 77.4 Å². The van der Waals surface area contributed by atoms with Gasteiger partial charge in [-0.2, -0.15) is 9.97 Å². The number of likely N-dealkylation sites (tertiary alicyclic amines) is 1. The number of anilines is 1. The molecule has 2 saturated heterocycles. The van der Waals surface area contributed by atoms with Gasteiger partial charge in [-0.25, -0.2) is 13.8 Å². The molecule has 14 heteroatoms. The van der Waals surface area contributed by atoms with E-state index in [2.05, 4.69) is 20.1 Å². The summed E-state index contributed by atoms with van der Waals surface area (Å²) >= 11 is 0. The Hall–Kier alpha value is -4.40. The number of hydrogen-bond donors (Lipinski definition) is 3. The van der Waals surface area contributed by atoms with E-state index in [1.807, 2.05) is 20.9 Å². The molecule has 4 fully saturated rings. The number of nitrogens with zero attached hydrogens (tertiary/aromatic N) is 5. The molecule has 2 aromatic heterocycles. The number of hydrogen-bond acceptors (Lipinski definition) is 11. The van der Waals surface area contributed by atoms with E-state index in [-0.39, 0.29) is 51.7 Å². The summed E-state index contributed by atoms with van der Waals surface area (Å²) in [4.78, 5) is 27.6. The lowest BCUT2D eigenvalue weighted by molar-refractivity contribution is -0.122. The molecule has 3 N–H and O–H groups in total. The fraction of sp³-hybridized carbons (Fsp3) is 0.571. The third-order valence-electron chi connectivity index (χ3n) is 12.1. The Balaban J connectivity index is 0.00000102. The van der Waals surface area contributed by atoms with Crippen molar-refractivity contribution in [1.29, 1.82) is 0 Å². The number of nitrogens with one attached hydrogen (secondary N) is 1. The number of carboxylic acid groups (broad SMARTS) is 1. The Morgan fingerprint density at radius 2 is 1.79 bits per heavy atom. The standard InChI is InChI=1S/C39H48F2N6O4.C2H6.CH2O2/c1-42-20-23-8-6-14-46(21-23)36-32-35(33(41)34(43-37(32)50-3)28-19-26(48)16-24-9-4-10-29(40)31(24)28)44-38(45-36)51-22-39-12-5-11-30(39)47(15-7-13-39)25-17-27(18-25)49-2;1-2;2-1-3/h4,9-10,16,19,23,25,27,30,42,48H,5-8,11-15,17-18,20-22H2,1-3H3;1-2H3;1H,(H,2,3). The molecule has 12 nitrogen and oxygen atoms in total. The Morgan fingerprint density at radius 1 is 1.02 bits per heavy atom. The minimum atomic E-state index is -0.753. The number of piperidine rings is 2. The highest BCUT2D eigenvalue weighted by atomic mass is 19.1.